The van der Waals surface area contributed by atoms with Crippen molar-refractivity contribution < 1.29 is 9.59 Å². The number of rotatable bonds is 2. The van der Waals surface area contributed by atoms with E-state index < -0.39 is 11.6 Å². The Morgan fingerprint density at radius 3 is 2.95 bits per heavy atom. The van der Waals surface area contributed by atoms with Crippen molar-refractivity contribution in [2.24, 2.45) is 5.92 Å². The Balaban J connectivity index is 1.97. The van der Waals surface area contributed by atoms with Gasteiger partial charge in [0.2, 0.25) is 0 Å². The van der Waals surface area contributed by atoms with Crippen LogP contribution in [-0.2, 0) is 16.8 Å². The highest BCUT2D eigenvalue weighted by Gasteiger charge is 2.55. The minimum Gasteiger partial charge on any atom is -0.319 e. The van der Waals surface area contributed by atoms with Crippen molar-refractivity contribution in [3.63, 3.8) is 0 Å². The zero-order valence-corrected chi connectivity index (χ0v) is 11.2. The molecule has 0 unspecified atom stereocenters. The molecular formula is C15H15N3O2. The molecule has 0 radical (unpaired) electrons. The highest BCUT2D eigenvalue weighted by Crippen LogP contribution is 2.41. The highest BCUT2D eigenvalue weighted by molar-refractivity contribution is 6.08. The van der Waals surface area contributed by atoms with Crippen molar-refractivity contribution in [3.8, 4) is 6.07 Å². The average Bonchev–Trinajstić information content (AvgIpc) is 2.94. The van der Waals surface area contributed by atoms with Crippen molar-refractivity contribution in [2.75, 3.05) is 6.54 Å². The molecule has 1 heterocycles. The summed E-state index contributed by atoms with van der Waals surface area (Å²) in [5.41, 5.74) is 1.09. The van der Waals surface area contributed by atoms with Gasteiger partial charge in [-0.25, -0.2) is 4.79 Å². The van der Waals surface area contributed by atoms with E-state index in [2.05, 4.69) is 11.4 Å². The number of hydrogen-bond acceptors (Lipinski definition) is 3. The molecule has 102 valence electrons. The summed E-state index contributed by atoms with van der Waals surface area (Å²) in [6, 6.07) is 9.37. The Labute approximate surface area is 117 Å². The number of amides is 3. The van der Waals surface area contributed by atoms with E-state index in [1.807, 2.05) is 24.3 Å². The first-order valence-electron chi connectivity index (χ1n) is 6.70. The molecule has 5 heteroatoms. The van der Waals surface area contributed by atoms with E-state index in [1.54, 1.807) is 6.92 Å². The van der Waals surface area contributed by atoms with Crippen molar-refractivity contribution >= 4 is 11.9 Å². The quantitative estimate of drug-likeness (QED) is 0.828. The van der Waals surface area contributed by atoms with Gasteiger partial charge in [0, 0.05) is 6.54 Å². The summed E-state index contributed by atoms with van der Waals surface area (Å²) < 4.78 is 0. The summed E-state index contributed by atoms with van der Waals surface area (Å²) in [4.78, 5) is 26.0. The molecule has 1 saturated heterocycles. The summed E-state index contributed by atoms with van der Waals surface area (Å²) in [6.45, 7) is 1.85. The Morgan fingerprint density at radius 1 is 1.45 bits per heavy atom. The maximum atomic E-state index is 12.7. The lowest BCUT2D eigenvalue weighted by Crippen LogP contribution is -2.42. The van der Waals surface area contributed by atoms with E-state index in [0.717, 1.165) is 17.5 Å². The maximum absolute atomic E-state index is 12.7. The molecule has 1 fully saturated rings. The van der Waals surface area contributed by atoms with Crippen LogP contribution in [0.4, 0.5) is 4.79 Å². The molecule has 2 atom stereocenters. The minimum atomic E-state index is -0.914. The number of carbonyl (C=O) groups excluding carboxylic acids is 2. The van der Waals surface area contributed by atoms with Gasteiger partial charge in [-0.05, 0) is 30.9 Å². The number of benzene rings is 1. The van der Waals surface area contributed by atoms with Crippen LogP contribution in [0.1, 0.15) is 24.5 Å². The summed E-state index contributed by atoms with van der Waals surface area (Å²) in [5.74, 6) is -0.592. The smallest absolute Gasteiger partial charge is 0.319 e. The molecule has 2 aliphatic rings. The number of hydrogen-bond donors (Lipinski definition) is 1. The molecule has 20 heavy (non-hydrogen) atoms. The van der Waals surface area contributed by atoms with Crippen LogP contribution in [0.15, 0.2) is 24.3 Å². The van der Waals surface area contributed by atoms with Gasteiger partial charge in [0.1, 0.15) is 5.54 Å². The second kappa shape index (κ2) is 4.34. The monoisotopic (exact) mass is 269 g/mol. The number of nitrogens with one attached hydrogen (secondary N) is 1. The number of imide groups is 1. The van der Waals surface area contributed by atoms with Crippen LogP contribution in [0, 0.1) is 17.2 Å². The van der Waals surface area contributed by atoms with Crippen LogP contribution < -0.4 is 5.32 Å². The highest BCUT2D eigenvalue weighted by atomic mass is 16.2. The SMILES string of the molecule is C[C@H](C#N)CN1C(=O)N[C@]2(CCc3ccccc32)C1=O. The van der Waals surface area contributed by atoms with E-state index >= 15 is 0 Å². The molecule has 1 N–H and O–H groups in total. The Hall–Kier alpha value is -2.35. The molecule has 1 spiro atoms. The second-order valence-electron chi connectivity index (χ2n) is 5.44. The van der Waals surface area contributed by atoms with Gasteiger partial charge in [-0.3, -0.25) is 9.69 Å². The van der Waals surface area contributed by atoms with Gasteiger partial charge >= 0.3 is 6.03 Å². The maximum Gasteiger partial charge on any atom is 0.325 e. The van der Waals surface area contributed by atoms with Crippen LogP contribution in [0.25, 0.3) is 0 Å². The molecule has 0 aromatic heterocycles. The van der Waals surface area contributed by atoms with E-state index in [0.29, 0.717) is 6.42 Å². The molecule has 3 rings (SSSR count). The zero-order valence-electron chi connectivity index (χ0n) is 11.2. The lowest BCUT2D eigenvalue weighted by molar-refractivity contribution is -0.131. The van der Waals surface area contributed by atoms with Crippen LogP contribution in [0.2, 0.25) is 0 Å². The summed E-state index contributed by atoms with van der Waals surface area (Å²) in [5, 5.41) is 11.7. The minimum absolute atomic E-state index is 0.144. The average molecular weight is 269 g/mol. The Kier molecular flexibility index (Phi) is 2.75. The number of aryl methyl sites for hydroxylation is 1. The first-order chi connectivity index (χ1) is 9.58. The lowest BCUT2D eigenvalue weighted by Gasteiger charge is -2.22. The third-order valence-corrected chi connectivity index (χ3v) is 4.10. The van der Waals surface area contributed by atoms with Crippen LogP contribution >= 0.6 is 0 Å². The summed E-state index contributed by atoms with van der Waals surface area (Å²) >= 11 is 0. The molecule has 1 aromatic carbocycles. The predicted molar refractivity (Wildman–Crippen MR) is 71.5 cm³/mol. The van der Waals surface area contributed by atoms with Crippen molar-refractivity contribution in [2.45, 2.75) is 25.3 Å². The number of urea groups is 1. The van der Waals surface area contributed by atoms with Crippen molar-refractivity contribution in [1.29, 1.82) is 5.26 Å². The largest absolute Gasteiger partial charge is 0.325 e. The van der Waals surface area contributed by atoms with Crippen LogP contribution in [0.5, 0.6) is 0 Å². The van der Waals surface area contributed by atoms with Crippen molar-refractivity contribution in [1.82, 2.24) is 10.2 Å². The third kappa shape index (κ3) is 1.61. The van der Waals surface area contributed by atoms with Crippen LogP contribution in [-0.4, -0.2) is 23.4 Å². The standard InChI is InChI=1S/C15H15N3O2/c1-10(8-16)9-18-13(19)15(17-14(18)20)7-6-11-4-2-3-5-12(11)15/h2-5,10H,6-7,9H2,1H3,(H,17,20)/t10-,15+/m1/s1. The number of nitriles is 1. The molecule has 3 amide bonds. The Morgan fingerprint density at radius 2 is 2.20 bits per heavy atom. The predicted octanol–water partition coefficient (Wildman–Crippen LogP) is 1.54. The molecule has 1 aliphatic heterocycles. The number of nitrogens with zero attached hydrogens (tertiary/aromatic N) is 2. The number of carbonyl (C=O) groups is 2. The topological polar surface area (TPSA) is 73.2 Å². The fourth-order valence-electron chi connectivity index (χ4n) is 3.07. The second-order valence-corrected chi connectivity index (χ2v) is 5.44. The van der Waals surface area contributed by atoms with Gasteiger partial charge in [-0.1, -0.05) is 24.3 Å². The molecule has 1 aliphatic carbocycles. The van der Waals surface area contributed by atoms with Gasteiger partial charge in [0.15, 0.2) is 0 Å². The van der Waals surface area contributed by atoms with Crippen LogP contribution in [0.3, 0.4) is 0 Å². The molecule has 5 nitrogen and oxygen atoms in total. The normalized spacial score (nSPS) is 25.5. The molecule has 0 saturated carbocycles. The summed E-state index contributed by atoms with van der Waals surface area (Å²) in [7, 11) is 0. The van der Waals surface area contributed by atoms with Gasteiger partial charge in [-0.2, -0.15) is 5.26 Å². The molecular weight excluding hydrogens is 254 g/mol. The summed E-state index contributed by atoms with van der Waals surface area (Å²) in [6.07, 6.45) is 1.37. The molecule has 0 bridgehead atoms. The van der Waals surface area contributed by atoms with Gasteiger partial charge < -0.3 is 5.32 Å². The van der Waals surface area contributed by atoms with E-state index in [-0.39, 0.29) is 18.4 Å². The third-order valence-electron chi connectivity index (χ3n) is 4.10. The van der Waals surface area contributed by atoms with Gasteiger partial charge in [-0.15, -0.1) is 0 Å². The number of fused-ring (bicyclic) bond motifs is 2. The Bertz CT molecular complexity index is 634. The van der Waals surface area contributed by atoms with E-state index in [9.17, 15) is 9.59 Å². The fourth-order valence-corrected chi connectivity index (χ4v) is 3.07. The van der Waals surface area contributed by atoms with Gasteiger partial charge in [0.25, 0.3) is 5.91 Å². The zero-order chi connectivity index (χ0) is 14.3. The fraction of sp³-hybridized carbons (Fsp3) is 0.400. The van der Waals surface area contributed by atoms with E-state index in [4.69, 9.17) is 5.26 Å². The first-order valence-corrected chi connectivity index (χ1v) is 6.70. The lowest BCUT2D eigenvalue weighted by atomic mass is 9.92. The first kappa shape index (κ1) is 12.7. The molecule has 1 aromatic rings. The van der Waals surface area contributed by atoms with Crippen molar-refractivity contribution in [3.05, 3.63) is 35.4 Å². The van der Waals surface area contributed by atoms with E-state index in [1.165, 1.54) is 4.90 Å². The van der Waals surface area contributed by atoms with Gasteiger partial charge in [0.05, 0.1) is 12.0 Å².